The fourth-order valence-electron chi connectivity index (χ4n) is 6.76. The van der Waals surface area contributed by atoms with Gasteiger partial charge in [0.1, 0.15) is 8.24 Å². The summed E-state index contributed by atoms with van der Waals surface area (Å²) in [6.07, 6.45) is 28.6. The topological polar surface area (TPSA) is 17.3 Å². The van der Waals surface area contributed by atoms with Gasteiger partial charge in [0, 0.05) is 6.04 Å². The molecule has 0 aromatic carbocycles. The van der Waals surface area contributed by atoms with Crippen LogP contribution in [0.15, 0.2) is 72.9 Å². The summed E-state index contributed by atoms with van der Waals surface area (Å²) in [6.45, 7) is 9.97. The Labute approximate surface area is 213 Å². The van der Waals surface area contributed by atoms with Crippen LogP contribution in [-0.2, 0) is 17.0 Å². The van der Waals surface area contributed by atoms with Gasteiger partial charge in [-0.05, 0) is 29.2 Å². The molecule has 2 fully saturated rings. The monoisotopic (exact) mass is 522 g/mol. The summed E-state index contributed by atoms with van der Waals surface area (Å²) in [4.78, 5) is 0. The van der Waals surface area contributed by atoms with E-state index in [-0.39, 0.29) is 7.43 Å². The van der Waals surface area contributed by atoms with Crippen molar-refractivity contribution < 1.29 is 17.0 Å². The van der Waals surface area contributed by atoms with Crippen molar-refractivity contribution in [1.29, 1.82) is 0 Å². The Bertz CT molecular complexity index is 798. The quantitative estimate of drug-likeness (QED) is 0.274. The third-order valence-corrected chi connectivity index (χ3v) is 12.1. The molecule has 7 atom stereocenters. The van der Waals surface area contributed by atoms with Crippen molar-refractivity contribution in [3.63, 3.8) is 0 Å². The van der Waals surface area contributed by atoms with Crippen LogP contribution in [0.3, 0.4) is 0 Å². The number of halogens is 2. The third-order valence-electron chi connectivity index (χ3n) is 7.80. The van der Waals surface area contributed by atoms with Gasteiger partial charge in [-0.3, -0.25) is 0 Å². The fourth-order valence-corrected chi connectivity index (χ4v) is 11.7. The van der Waals surface area contributed by atoms with Crippen molar-refractivity contribution in [2.45, 2.75) is 50.7 Å². The summed E-state index contributed by atoms with van der Waals surface area (Å²) in [7, 11) is 7.97. The van der Waals surface area contributed by atoms with Gasteiger partial charge in [0.25, 0.3) is 0 Å². The van der Waals surface area contributed by atoms with E-state index in [1.54, 1.807) is 0 Å². The predicted molar refractivity (Wildman–Crippen MR) is 140 cm³/mol. The molecule has 0 spiro atoms. The van der Waals surface area contributed by atoms with Crippen molar-refractivity contribution in [3.05, 3.63) is 85.7 Å². The molecule has 6 heteroatoms. The first kappa shape index (κ1) is 26.5. The number of hydrogen-bond acceptors (Lipinski definition) is 1. The van der Waals surface area contributed by atoms with Crippen LogP contribution in [0.25, 0.3) is 5.32 Å². The number of nitrogens with zero attached hydrogens (tertiary/aromatic N) is 2. The molecule has 1 saturated heterocycles. The summed E-state index contributed by atoms with van der Waals surface area (Å²) in [5.74, 6) is 3.18. The number of allylic oxidation sites excluding steroid dienone is 10. The second-order valence-electron chi connectivity index (χ2n) is 10.1. The van der Waals surface area contributed by atoms with E-state index in [1.807, 2.05) is 0 Å². The number of rotatable bonds is 3. The Morgan fingerprint density at radius 1 is 0.781 bits per heavy atom. The second-order valence-corrected chi connectivity index (χ2v) is 17.1. The SMILES string of the molecule is CC(C)[C@H]1[N-]C2C=CC=C[C@H]2N1[Si](C)(C)C1C2C=CC=CC2C2C=CC=CC21.[CH3-].[Cl][Ti][Cl]. The van der Waals surface area contributed by atoms with E-state index in [2.05, 4.69) is 104 Å². The molecule has 174 valence electrons. The first-order valence-corrected chi connectivity index (χ1v) is 18.7. The first-order valence-electron chi connectivity index (χ1n) is 11.4. The molecule has 0 aromatic rings. The van der Waals surface area contributed by atoms with Crippen LogP contribution >= 0.6 is 18.6 Å². The van der Waals surface area contributed by atoms with Crippen LogP contribution in [0.5, 0.6) is 0 Å². The Kier molecular flexibility index (Phi) is 9.16. The molecular weight excluding hydrogens is 487 g/mol. The van der Waals surface area contributed by atoms with Crippen LogP contribution in [0.4, 0.5) is 0 Å². The van der Waals surface area contributed by atoms with Crippen molar-refractivity contribution >= 4 is 26.8 Å². The number of fused-ring (bicyclic) bond motifs is 4. The first-order chi connectivity index (χ1) is 14.9. The van der Waals surface area contributed by atoms with Crippen molar-refractivity contribution in [2.75, 3.05) is 0 Å². The van der Waals surface area contributed by atoms with Gasteiger partial charge in [0.05, 0.1) is 0 Å². The summed E-state index contributed by atoms with van der Waals surface area (Å²) in [5.41, 5.74) is 0.722. The molecule has 4 aliphatic carbocycles. The molecule has 0 amide bonds. The third kappa shape index (κ3) is 4.69. The normalized spacial score (nSPS) is 38.6. The molecule has 1 aliphatic heterocycles. The zero-order valence-corrected chi connectivity index (χ0v) is 23.8. The van der Waals surface area contributed by atoms with Crippen molar-refractivity contribution in [3.8, 4) is 0 Å². The molecule has 5 unspecified atom stereocenters. The van der Waals surface area contributed by atoms with Gasteiger partial charge in [-0.15, -0.1) is 6.08 Å². The Morgan fingerprint density at radius 3 is 1.72 bits per heavy atom. The summed E-state index contributed by atoms with van der Waals surface area (Å²) >= 11 is -0.556. The van der Waals surface area contributed by atoms with Gasteiger partial charge < -0.3 is 17.3 Å². The van der Waals surface area contributed by atoms with Crippen LogP contribution in [-0.4, -0.2) is 31.1 Å². The average Bonchev–Trinajstić information content (AvgIpc) is 3.32. The Balaban J connectivity index is 0.000000686. The molecule has 0 bridgehead atoms. The van der Waals surface area contributed by atoms with Crippen LogP contribution in [0.1, 0.15) is 13.8 Å². The van der Waals surface area contributed by atoms with E-state index in [1.165, 1.54) is 0 Å². The standard InChI is InChI=1S/C25H33N2Si.CH3.2ClH.Ti/c1-17(2)25-26-22-15-9-10-16-23(22)27(25)28(3,4)24-20-13-7-5-11-18(20)19-12-6-8-14-21(19)24;;;;/h5-25H,1-4H3;1H3;2*1H;/q2*-1;;;+2/p-2/t18?,19?,20?,21?,22?,23-,24?,25+;;;;/m1..../s1. The molecule has 5 rings (SSSR count). The minimum atomic E-state index is -1.80. The average molecular weight is 523 g/mol. The Hall–Kier alpha value is -0.129. The van der Waals surface area contributed by atoms with E-state index in [9.17, 15) is 0 Å². The molecule has 1 heterocycles. The molecule has 2 nitrogen and oxygen atoms in total. The fraction of sp³-hybridized carbons (Fsp3) is 0.500. The van der Waals surface area contributed by atoms with E-state index in [0.717, 1.165) is 5.54 Å². The molecule has 0 N–H and O–H groups in total. The zero-order valence-electron chi connectivity index (χ0n) is 19.8. The van der Waals surface area contributed by atoms with E-state index >= 15 is 0 Å². The van der Waals surface area contributed by atoms with E-state index in [0.29, 0.717) is 47.8 Å². The van der Waals surface area contributed by atoms with Gasteiger partial charge in [0.15, 0.2) is 0 Å². The van der Waals surface area contributed by atoms with E-state index < -0.39 is 25.3 Å². The van der Waals surface area contributed by atoms with Gasteiger partial charge in [-0.1, -0.05) is 112 Å². The predicted octanol–water partition coefficient (Wildman–Crippen LogP) is 7.65. The van der Waals surface area contributed by atoms with E-state index in [4.69, 9.17) is 23.9 Å². The number of hydrogen-bond donors (Lipinski definition) is 0. The Morgan fingerprint density at radius 2 is 1.22 bits per heavy atom. The zero-order chi connectivity index (χ0) is 22.2. The molecule has 5 aliphatic rings. The van der Waals surface area contributed by atoms with Crippen LogP contribution < -0.4 is 0 Å². The van der Waals surface area contributed by atoms with Gasteiger partial charge in [0.2, 0.25) is 0 Å². The molecule has 0 radical (unpaired) electrons. The van der Waals surface area contributed by atoms with Crippen molar-refractivity contribution in [1.82, 2.24) is 4.57 Å². The second kappa shape index (κ2) is 11.1. The molecule has 32 heavy (non-hydrogen) atoms. The summed E-state index contributed by atoms with van der Waals surface area (Å²) < 4.78 is 2.91. The maximum atomic E-state index is 5.30. The maximum absolute atomic E-state index is 5.30. The molecular formula is C26H36Cl2N2SiTi-2. The van der Waals surface area contributed by atoms with Crippen molar-refractivity contribution in [2.24, 2.45) is 29.6 Å². The van der Waals surface area contributed by atoms with Crippen LogP contribution in [0, 0.1) is 37.0 Å². The van der Waals surface area contributed by atoms with Crippen LogP contribution in [0.2, 0.25) is 18.6 Å². The molecule has 0 aromatic heterocycles. The van der Waals surface area contributed by atoms with Gasteiger partial charge in [-0.2, -0.15) is 0 Å². The van der Waals surface area contributed by atoms with Gasteiger partial charge in [-0.25, -0.2) is 0 Å². The minimum absolute atomic E-state index is 0. The summed E-state index contributed by atoms with van der Waals surface area (Å²) in [5, 5.41) is 5.30. The molecule has 1 saturated carbocycles. The van der Waals surface area contributed by atoms with Gasteiger partial charge >= 0.3 is 35.6 Å². The summed E-state index contributed by atoms with van der Waals surface area (Å²) in [6, 6.07) is 0.781.